The zero-order chi connectivity index (χ0) is 20.3. The van der Waals surface area contributed by atoms with Crippen LogP contribution in [0.4, 0.5) is 0 Å². The van der Waals surface area contributed by atoms with Gasteiger partial charge < -0.3 is 9.30 Å². The Labute approximate surface area is 173 Å². The Bertz CT molecular complexity index is 1070. The van der Waals surface area contributed by atoms with Crippen LogP contribution in [0.25, 0.3) is 22.4 Å². The summed E-state index contributed by atoms with van der Waals surface area (Å²) in [4.78, 5) is 4.87. The van der Waals surface area contributed by atoms with Crippen LogP contribution >= 0.6 is 0 Å². The minimum atomic E-state index is 0.162. The third-order valence-electron chi connectivity index (χ3n) is 5.20. The molecule has 4 rings (SSSR count). The van der Waals surface area contributed by atoms with E-state index in [-0.39, 0.29) is 5.41 Å². The molecule has 0 amide bonds. The molecule has 0 aliphatic rings. The molecule has 0 fully saturated rings. The Balaban J connectivity index is 1.46. The van der Waals surface area contributed by atoms with E-state index in [1.807, 2.05) is 12.1 Å². The molecule has 4 aromatic rings. The standard InChI is InChI=1S/C26H28N2O/c1-26(2,3)21-14-16-22(17-15-21)29-19-9-18-28-24-13-8-7-12-23(24)27-25(28)20-10-5-4-6-11-20/h4-8,10-17H,9,18-19H2,1-3H3. The van der Waals surface area contributed by atoms with Crippen LogP contribution in [-0.4, -0.2) is 16.2 Å². The molecule has 0 bridgehead atoms. The number of rotatable bonds is 6. The largest absolute Gasteiger partial charge is 0.494 e. The summed E-state index contributed by atoms with van der Waals surface area (Å²) in [7, 11) is 0. The van der Waals surface area contributed by atoms with E-state index in [9.17, 15) is 0 Å². The normalized spacial score (nSPS) is 11.7. The zero-order valence-corrected chi connectivity index (χ0v) is 17.4. The lowest BCUT2D eigenvalue weighted by molar-refractivity contribution is 0.302. The molecule has 0 aliphatic carbocycles. The van der Waals surface area contributed by atoms with Gasteiger partial charge >= 0.3 is 0 Å². The summed E-state index contributed by atoms with van der Waals surface area (Å²) in [5.74, 6) is 1.94. The van der Waals surface area contributed by atoms with Crippen LogP contribution < -0.4 is 4.74 Å². The van der Waals surface area contributed by atoms with E-state index in [2.05, 4.69) is 92.1 Å². The monoisotopic (exact) mass is 384 g/mol. The average molecular weight is 385 g/mol. The molecule has 0 aliphatic heterocycles. The minimum absolute atomic E-state index is 0.162. The predicted octanol–water partition coefficient (Wildman–Crippen LogP) is 6.47. The fourth-order valence-corrected chi connectivity index (χ4v) is 3.57. The van der Waals surface area contributed by atoms with Crippen LogP contribution in [0.15, 0.2) is 78.9 Å². The van der Waals surface area contributed by atoms with Gasteiger partial charge in [0.05, 0.1) is 17.6 Å². The highest BCUT2D eigenvalue weighted by Crippen LogP contribution is 2.26. The summed E-state index contributed by atoms with van der Waals surface area (Å²) in [6.45, 7) is 8.22. The van der Waals surface area contributed by atoms with Crippen molar-refractivity contribution in [3.05, 3.63) is 84.4 Å². The van der Waals surface area contributed by atoms with Crippen LogP contribution in [0, 0.1) is 0 Å². The number of ether oxygens (including phenoxy) is 1. The molecule has 0 atom stereocenters. The molecule has 0 saturated heterocycles. The Morgan fingerprint density at radius 2 is 1.52 bits per heavy atom. The van der Waals surface area contributed by atoms with Crippen LogP contribution in [0.1, 0.15) is 32.8 Å². The van der Waals surface area contributed by atoms with Crippen molar-refractivity contribution in [2.45, 2.75) is 39.2 Å². The van der Waals surface area contributed by atoms with Crippen molar-refractivity contribution in [3.63, 3.8) is 0 Å². The van der Waals surface area contributed by atoms with Gasteiger partial charge in [0.25, 0.3) is 0 Å². The number of fused-ring (bicyclic) bond motifs is 1. The fraction of sp³-hybridized carbons (Fsp3) is 0.269. The first-order valence-electron chi connectivity index (χ1n) is 10.3. The quantitative estimate of drug-likeness (QED) is 0.356. The summed E-state index contributed by atoms with van der Waals surface area (Å²) < 4.78 is 8.30. The van der Waals surface area contributed by atoms with E-state index in [1.54, 1.807) is 0 Å². The molecule has 0 spiro atoms. The lowest BCUT2D eigenvalue weighted by Gasteiger charge is -2.19. The van der Waals surface area contributed by atoms with Crippen molar-refractivity contribution < 1.29 is 4.74 Å². The fourth-order valence-electron chi connectivity index (χ4n) is 3.57. The second-order valence-electron chi connectivity index (χ2n) is 8.42. The van der Waals surface area contributed by atoms with Crippen LogP contribution in [0.2, 0.25) is 0 Å². The first-order chi connectivity index (χ1) is 14.0. The number of imidazole rings is 1. The van der Waals surface area contributed by atoms with E-state index < -0.39 is 0 Å². The summed E-state index contributed by atoms with van der Waals surface area (Å²) in [5.41, 5.74) is 4.82. The van der Waals surface area contributed by atoms with Crippen molar-refractivity contribution >= 4 is 11.0 Å². The number of hydrogen-bond acceptors (Lipinski definition) is 2. The molecule has 0 unspecified atom stereocenters. The maximum atomic E-state index is 6.00. The average Bonchev–Trinajstić information content (AvgIpc) is 3.10. The van der Waals surface area contributed by atoms with E-state index in [1.165, 1.54) is 11.1 Å². The van der Waals surface area contributed by atoms with Crippen LogP contribution in [0.3, 0.4) is 0 Å². The molecule has 3 nitrogen and oxygen atoms in total. The summed E-state index contributed by atoms with van der Waals surface area (Å²) >= 11 is 0. The predicted molar refractivity (Wildman–Crippen MR) is 120 cm³/mol. The van der Waals surface area contributed by atoms with Gasteiger partial charge in [-0.1, -0.05) is 75.4 Å². The van der Waals surface area contributed by atoms with Crippen molar-refractivity contribution in [2.75, 3.05) is 6.61 Å². The van der Waals surface area contributed by atoms with Gasteiger partial charge in [-0.2, -0.15) is 0 Å². The zero-order valence-electron chi connectivity index (χ0n) is 17.4. The van der Waals surface area contributed by atoms with E-state index in [4.69, 9.17) is 9.72 Å². The van der Waals surface area contributed by atoms with Gasteiger partial charge in [-0.25, -0.2) is 4.98 Å². The third-order valence-corrected chi connectivity index (χ3v) is 5.20. The molecular formula is C26H28N2O. The highest BCUT2D eigenvalue weighted by molar-refractivity contribution is 5.80. The maximum absolute atomic E-state index is 6.00. The van der Waals surface area contributed by atoms with Gasteiger partial charge in [0, 0.05) is 12.1 Å². The number of aromatic nitrogens is 2. The molecule has 3 aromatic carbocycles. The molecule has 1 heterocycles. The summed E-state index contributed by atoms with van der Waals surface area (Å²) in [5, 5.41) is 0. The van der Waals surface area contributed by atoms with Gasteiger partial charge in [-0.3, -0.25) is 0 Å². The van der Waals surface area contributed by atoms with Crippen molar-refractivity contribution in [1.29, 1.82) is 0 Å². The molecule has 0 radical (unpaired) electrons. The highest BCUT2D eigenvalue weighted by Gasteiger charge is 2.14. The van der Waals surface area contributed by atoms with E-state index in [0.717, 1.165) is 35.6 Å². The molecule has 0 saturated carbocycles. The molecule has 1 aromatic heterocycles. The summed E-state index contributed by atoms with van der Waals surface area (Å²) in [6, 6.07) is 27.2. The van der Waals surface area contributed by atoms with Gasteiger partial charge in [-0.05, 0) is 41.7 Å². The number of aryl methyl sites for hydroxylation is 1. The molecule has 29 heavy (non-hydrogen) atoms. The Hall–Kier alpha value is -3.07. The second-order valence-corrected chi connectivity index (χ2v) is 8.42. The SMILES string of the molecule is CC(C)(C)c1ccc(OCCCn2c(-c3ccccc3)nc3ccccc32)cc1. The van der Waals surface area contributed by atoms with E-state index in [0.29, 0.717) is 6.61 Å². The van der Waals surface area contributed by atoms with Crippen molar-refractivity contribution in [1.82, 2.24) is 9.55 Å². The Morgan fingerprint density at radius 1 is 0.828 bits per heavy atom. The van der Waals surface area contributed by atoms with Crippen molar-refractivity contribution in [2.24, 2.45) is 0 Å². The summed E-state index contributed by atoms with van der Waals surface area (Å²) in [6.07, 6.45) is 0.918. The lowest BCUT2D eigenvalue weighted by atomic mass is 9.87. The molecule has 148 valence electrons. The first kappa shape index (κ1) is 19.3. The topological polar surface area (TPSA) is 27.1 Å². The van der Waals surface area contributed by atoms with Crippen LogP contribution in [0.5, 0.6) is 5.75 Å². The maximum Gasteiger partial charge on any atom is 0.141 e. The van der Waals surface area contributed by atoms with Gasteiger partial charge in [0.1, 0.15) is 11.6 Å². The number of benzene rings is 3. The minimum Gasteiger partial charge on any atom is -0.494 e. The highest BCUT2D eigenvalue weighted by atomic mass is 16.5. The molecular weight excluding hydrogens is 356 g/mol. The van der Waals surface area contributed by atoms with Gasteiger partial charge in [0.15, 0.2) is 0 Å². The van der Waals surface area contributed by atoms with Gasteiger partial charge in [-0.15, -0.1) is 0 Å². The smallest absolute Gasteiger partial charge is 0.141 e. The second kappa shape index (κ2) is 8.12. The van der Waals surface area contributed by atoms with Crippen molar-refractivity contribution in [3.8, 4) is 17.1 Å². The number of para-hydroxylation sites is 2. The first-order valence-corrected chi connectivity index (χ1v) is 10.3. The van der Waals surface area contributed by atoms with E-state index >= 15 is 0 Å². The number of nitrogens with zero attached hydrogens (tertiary/aromatic N) is 2. The number of hydrogen-bond donors (Lipinski definition) is 0. The molecule has 0 N–H and O–H groups in total. The van der Waals surface area contributed by atoms with Gasteiger partial charge in [0.2, 0.25) is 0 Å². The molecule has 3 heteroatoms. The Kier molecular flexibility index (Phi) is 5.39. The van der Waals surface area contributed by atoms with Crippen LogP contribution in [-0.2, 0) is 12.0 Å². The Morgan fingerprint density at radius 3 is 2.24 bits per heavy atom. The third kappa shape index (κ3) is 4.34. The lowest BCUT2D eigenvalue weighted by Crippen LogP contribution is -2.10.